The molecule has 1 heterocycles. The van der Waals surface area contributed by atoms with E-state index in [9.17, 15) is 4.79 Å². The van der Waals surface area contributed by atoms with E-state index in [4.69, 9.17) is 5.73 Å². The molecule has 1 aliphatic heterocycles. The highest BCUT2D eigenvalue weighted by Crippen LogP contribution is 2.15. The van der Waals surface area contributed by atoms with Crippen LogP contribution in [-0.4, -0.2) is 41.4 Å². The van der Waals surface area contributed by atoms with Crippen LogP contribution in [0, 0.1) is 0 Å². The Hall–Kier alpha value is -0.220. The molecule has 0 spiro atoms. The normalized spacial score (nSPS) is 18.2. The van der Waals surface area contributed by atoms with Crippen molar-refractivity contribution in [3.63, 3.8) is 0 Å². The maximum atomic E-state index is 11.4. The number of amides is 1. The molecule has 1 fully saturated rings. The van der Waals surface area contributed by atoms with Crippen molar-refractivity contribution in [3.8, 4) is 0 Å². The largest absolute Gasteiger partial charge is 0.342 e. The van der Waals surface area contributed by atoms with E-state index in [2.05, 4.69) is 6.92 Å². The Bertz CT molecular complexity index is 171. The average Bonchev–Trinajstić information content (AvgIpc) is 1.98. The van der Waals surface area contributed by atoms with Crippen LogP contribution in [0.25, 0.3) is 0 Å². The van der Waals surface area contributed by atoms with Crippen LogP contribution in [0.2, 0.25) is 0 Å². The standard InChI is InChI=1S/C9H18N2OS/c1-8(3-4-10)13-7-9(12)11-5-2-6-11/h8H,2-7,10H2,1H3. The monoisotopic (exact) mass is 202 g/mol. The Labute approximate surface area is 84.0 Å². The molecule has 0 aliphatic carbocycles. The second kappa shape index (κ2) is 5.50. The van der Waals surface area contributed by atoms with Gasteiger partial charge in [-0.15, -0.1) is 11.8 Å². The molecule has 76 valence electrons. The van der Waals surface area contributed by atoms with Gasteiger partial charge in [0.05, 0.1) is 5.75 Å². The average molecular weight is 202 g/mol. The maximum absolute atomic E-state index is 11.4. The lowest BCUT2D eigenvalue weighted by Crippen LogP contribution is -2.43. The van der Waals surface area contributed by atoms with Gasteiger partial charge < -0.3 is 10.6 Å². The molecule has 1 rings (SSSR count). The number of carbonyl (C=O) groups is 1. The number of hydrogen-bond acceptors (Lipinski definition) is 3. The first-order chi connectivity index (χ1) is 6.24. The summed E-state index contributed by atoms with van der Waals surface area (Å²) in [5, 5.41) is 0.509. The molecule has 1 atom stereocenters. The zero-order valence-corrected chi connectivity index (χ0v) is 8.98. The summed E-state index contributed by atoms with van der Waals surface area (Å²) in [6.07, 6.45) is 2.17. The van der Waals surface area contributed by atoms with Gasteiger partial charge in [-0.2, -0.15) is 0 Å². The minimum absolute atomic E-state index is 0.292. The Morgan fingerprint density at radius 2 is 2.31 bits per heavy atom. The fraction of sp³-hybridized carbons (Fsp3) is 0.889. The summed E-state index contributed by atoms with van der Waals surface area (Å²) >= 11 is 1.72. The molecule has 0 saturated carbocycles. The summed E-state index contributed by atoms with van der Waals surface area (Å²) < 4.78 is 0. The number of nitrogens with zero attached hydrogens (tertiary/aromatic N) is 1. The minimum Gasteiger partial charge on any atom is -0.342 e. The molecule has 4 heteroatoms. The Kier molecular flexibility index (Phi) is 4.59. The highest BCUT2D eigenvalue weighted by Gasteiger charge is 2.20. The third-order valence-corrected chi connectivity index (χ3v) is 3.49. The molecule has 0 aromatic heterocycles. The lowest BCUT2D eigenvalue weighted by atomic mass is 10.2. The summed E-state index contributed by atoms with van der Waals surface area (Å²) in [4.78, 5) is 13.3. The first kappa shape index (κ1) is 10.9. The van der Waals surface area contributed by atoms with E-state index in [-0.39, 0.29) is 0 Å². The number of thioether (sulfide) groups is 1. The van der Waals surface area contributed by atoms with E-state index in [0.29, 0.717) is 23.5 Å². The van der Waals surface area contributed by atoms with Gasteiger partial charge in [-0.25, -0.2) is 0 Å². The van der Waals surface area contributed by atoms with Crippen molar-refractivity contribution in [1.29, 1.82) is 0 Å². The first-order valence-electron chi connectivity index (χ1n) is 4.83. The van der Waals surface area contributed by atoms with Crippen molar-refractivity contribution < 1.29 is 4.79 Å². The topological polar surface area (TPSA) is 46.3 Å². The fourth-order valence-corrected chi connectivity index (χ4v) is 2.10. The summed E-state index contributed by atoms with van der Waals surface area (Å²) in [6, 6.07) is 0. The van der Waals surface area contributed by atoms with Crippen LogP contribution in [0.15, 0.2) is 0 Å². The Morgan fingerprint density at radius 3 is 2.77 bits per heavy atom. The summed E-state index contributed by atoms with van der Waals surface area (Å²) in [6.45, 7) is 4.77. The van der Waals surface area contributed by atoms with E-state index in [0.717, 1.165) is 19.5 Å². The molecule has 13 heavy (non-hydrogen) atoms. The van der Waals surface area contributed by atoms with Crippen molar-refractivity contribution >= 4 is 17.7 Å². The fourth-order valence-electron chi connectivity index (χ4n) is 1.19. The van der Waals surface area contributed by atoms with Gasteiger partial charge in [-0.05, 0) is 19.4 Å². The number of nitrogens with two attached hydrogens (primary N) is 1. The van der Waals surface area contributed by atoms with Crippen molar-refractivity contribution in [2.45, 2.75) is 25.0 Å². The van der Waals surface area contributed by atoms with Gasteiger partial charge in [0.1, 0.15) is 0 Å². The maximum Gasteiger partial charge on any atom is 0.232 e. The van der Waals surface area contributed by atoms with E-state index < -0.39 is 0 Å². The second-order valence-corrected chi connectivity index (χ2v) is 4.86. The van der Waals surface area contributed by atoms with Gasteiger partial charge in [0, 0.05) is 18.3 Å². The summed E-state index contributed by atoms with van der Waals surface area (Å²) in [5.41, 5.74) is 5.42. The SMILES string of the molecule is CC(CCN)SCC(=O)N1CCC1. The predicted molar refractivity (Wildman–Crippen MR) is 56.8 cm³/mol. The van der Waals surface area contributed by atoms with E-state index in [1.807, 2.05) is 4.90 Å². The van der Waals surface area contributed by atoms with Gasteiger partial charge in [-0.1, -0.05) is 6.92 Å². The van der Waals surface area contributed by atoms with Gasteiger partial charge >= 0.3 is 0 Å². The van der Waals surface area contributed by atoms with Crippen LogP contribution in [0.4, 0.5) is 0 Å². The molecular formula is C9H18N2OS. The summed E-state index contributed by atoms with van der Waals surface area (Å²) in [7, 11) is 0. The van der Waals surface area contributed by atoms with Crippen molar-refractivity contribution in [2.24, 2.45) is 5.73 Å². The molecule has 1 amide bonds. The third kappa shape index (κ3) is 3.56. The molecule has 1 aliphatic rings. The lowest BCUT2D eigenvalue weighted by molar-refractivity contribution is -0.131. The minimum atomic E-state index is 0.292. The van der Waals surface area contributed by atoms with Crippen molar-refractivity contribution in [2.75, 3.05) is 25.4 Å². The number of carbonyl (C=O) groups excluding carboxylic acids is 1. The van der Waals surface area contributed by atoms with E-state index >= 15 is 0 Å². The van der Waals surface area contributed by atoms with Gasteiger partial charge in [-0.3, -0.25) is 4.79 Å². The van der Waals surface area contributed by atoms with Gasteiger partial charge in [0.25, 0.3) is 0 Å². The van der Waals surface area contributed by atoms with Crippen LogP contribution in [0.1, 0.15) is 19.8 Å². The van der Waals surface area contributed by atoms with Crippen LogP contribution in [-0.2, 0) is 4.79 Å². The predicted octanol–water partition coefficient (Wildman–Crippen LogP) is 0.689. The number of likely N-dealkylation sites (tertiary alicyclic amines) is 1. The molecule has 0 bridgehead atoms. The number of rotatable bonds is 5. The Balaban J connectivity index is 2.06. The third-order valence-electron chi connectivity index (χ3n) is 2.27. The van der Waals surface area contributed by atoms with Crippen molar-refractivity contribution in [1.82, 2.24) is 4.90 Å². The molecule has 0 radical (unpaired) electrons. The molecule has 0 aromatic rings. The van der Waals surface area contributed by atoms with Crippen LogP contribution < -0.4 is 5.73 Å². The zero-order chi connectivity index (χ0) is 9.68. The van der Waals surface area contributed by atoms with E-state index in [1.165, 1.54) is 6.42 Å². The molecular weight excluding hydrogens is 184 g/mol. The van der Waals surface area contributed by atoms with Gasteiger partial charge in [0.15, 0.2) is 0 Å². The van der Waals surface area contributed by atoms with Crippen molar-refractivity contribution in [3.05, 3.63) is 0 Å². The zero-order valence-electron chi connectivity index (χ0n) is 8.16. The first-order valence-corrected chi connectivity index (χ1v) is 5.88. The second-order valence-electron chi connectivity index (χ2n) is 3.43. The quantitative estimate of drug-likeness (QED) is 0.713. The highest BCUT2D eigenvalue weighted by atomic mass is 32.2. The number of hydrogen-bond donors (Lipinski definition) is 1. The molecule has 0 aromatic carbocycles. The van der Waals surface area contributed by atoms with Crippen LogP contribution in [0.5, 0.6) is 0 Å². The molecule has 2 N–H and O–H groups in total. The Morgan fingerprint density at radius 1 is 1.62 bits per heavy atom. The highest BCUT2D eigenvalue weighted by molar-refractivity contribution is 8.00. The smallest absolute Gasteiger partial charge is 0.232 e. The van der Waals surface area contributed by atoms with E-state index in [1.54, 1.807) is 11.8 Å². The van der Waals surface area contributed by atoms with Crippen LogP contribution in [0.3, 0.4) is 0 Å². The summed E-state index contributed by atoms with van der Waals surface area (Å²) in [5.74, 6) is 0.918. The van der Waals surface area contributed by atoms with Crippen LogP contribution >= 0.6 is 11.8 Å². The molecule has 1 unspecified atom stereocenters. The van der Waals surface area contributed by atoms with Gasteiger partial charge in [0.2, 0.25) is 5.91 Å². The molecule has 3 nitrogen and oxygen atoms in total. The lowest BCUT2D eigenvalue weighted by Gasteiger charge is -2.31. The molecule has 1 saturated heterocycles.